The van der Waals surface area contributed by atoms with E-state index in [1.165, 1.54) is 17.5 Å². The van der Waals surface area contributed by atoms with E-state index in [1.54, 1.807) is 19.9 Å². The fourth-order valence-electron chi connectivity index (χ4n) is 2.97. The summed E-state index contributed by atoms with van der Waals surface area (Å²) >= 11 is 1.48. The Morgan fingerprint density at radius 2 is 2.25 bits per heavy atom. The minimum absolute atomic E-state index is 0.251. The van der Waals surface area contributed by atoms with Crippen LogP contribution in [-0.2, 0) is 0 Å². The summed E-state index contributed by atoms with van der Waals surface area (Å²) in [5.41, 5.74) is 0.513. The van der Waals surface area contributed by atoms with Crippen molar-refractivity contribution >= 4 is 27.4 Å². The predicted molar refractivity (Wildman–Crippen MR) is 109 cm³/mol. The van der Waals surface area contributed by atoms with Gasteiger partial charge in [-0.3, -0.25) is 4.98 Å². The maximum absolute atomic E-state index is 14.3. The number of nitrogens with one attached hydrogen (secondary N) is 2. The van der Waals surface area contributed by atoms with Gasteiger partial charge in [-0.2, -0.15) is 0 Å². The second-order valence-electron chi connectivity index (χ2n) is 7.22. The lowest BCUT2D eigenvalue weighted by molar-refractivity contribution is 0.143. The zero-order valence-electron chi connectivity index (χ0n) is 15.6. The molecule has 1 aliphatic heterocycles. The number of aromatic nitrogens is 3. The van der Waals surface area contributed by atoms with E-state index in [-0.39, 0.29) is 17.4 Å². The van der Waals surface area contributed by atoms with Gasteiger partial charge in [0, 0.05) is 24.2 Å². The van der Waals surface area contributed by atoms with Crippen LogP contribution in [-0.4, -0.2) is 44.8 Å². The normalized spacial score (nSPS) is 16.8. The molecule has 3 N–H and O–H groups in total. The van der Waals surface area contributed by atoms with Gasteiger partial charge >= 0.3 is 0 Å². The van der Waals surface area contributed by atoms with E-state index in [9.17, 15) is 9.50 Å². The molecule has 1 saturated heterocycles. The first-order valence-corrected chi connectivity index (χ1v) is 9.90. The van der Waals surface area contributed by atoms with Crippen molar-refractivity contribution in [2.24, 2.45) is 0 Å². The summed E-state index contributed by atoms with van der Waals surface area (Å²) < 4.78 is 15.2. The maximum atomic E-state index is 14.3. The third-order valence-corrected chi connectivity index (χ3v) is 5.31. The number of thiophene rings is 1. The second-order valence-corrected chi connectivity index (χ2v) is 8.10. The first kappa shape index (κ1) is 18.7. The third kappa shape index (κ3) is 3.97. The van der Waals surface area contributed by atoms with Crippen molar-refractivity contribution in [1.29, 1.82) is 0 Å². The molecular weight excluding hydrogens is 377 g/mol. The van der Waals surface area contributed by atoms with Crippen LogP contribution in [0, 0.1) is 17.7 Å². The van der Waals surface area contributed by atoms with E-state index in [2.05, 4.69) is 37.4 Å². The van der Waals surface area contributed by atoms with Gasteiger partial charge in [0.25, 0.3) is 0 Å². The summed E-state index contributed by atoms with van der Waals surface area (Å²) in [5, 5.41) is 18.6. The molecule has 3 aromatic rings. The number of hydrogen-bond acceptors (Lipinski definition) is 7. The molecule has 0 amide bonds. The van der Waals surface area contributed by atoms with Crippen LogP contribution in [0.15, 0.2) is 23.8 Å². The number of aliphatic hydroxyl groups is 1. The van der Waals surface area contributed by atoms with Crippen LogP contribution in [0.4, 0.5) is 10.2 Å². The Labute approximate surface area is 166 Å². The molecule has 1 aliphatic rings. The molecule has 0 saturated carbocycles. The molecule has 1 fully saturated rings. The summed E-state index contributed by atoms with van der Waals surface area (Å²) in [6.45, 7) is 5.05. The Morgan fingerprint density at radius 1 is 1.39 bits per heavy atom. The molecule has 0 bridgehead atoms. The zero-order chi connectivity index (χ0) is 19.7. The minimum Gasteiger partial charge on any atom is -0.378 e. The molecular formula is C20H20FN5OS. The molecule has 4 heterocycles. The summed E-state index contributed by atoms with van der Waals surface area (Å²) in [4.78, 5) is 13.0. The lowest BCUT2D eigenvalue weighted by Crippen LogP contribution is -2.23. The van der Waals surface area contributed by atoms with Crippen LogP contribution in [0.25, 0.3) is 21.6 Å². The van der Waals surface area contributed by atoms with Crippen LogP contribution in [0.2, 0.25) is 0 Å². The quantitative estimate of drug-likeness (QED) is 0.590. The highest BCUT2D eigenvalue weighted by molar-refractivity contribution is 7.18. The number of hydrogen-bond donors (Lipinski definition) is 3. The van der Waals surface area contributed by atoms with E-state index in [1.807, 2.05) is 5.38 Å². The van der Waals surface area contributed by atoms with Crippen molar-refractivity contribution in [3.05, 3.63) is 35.2 Å². The Kier molecular flexibility index (Phi) is 4.98. The first-order valence-electron chi connectivity index (χ1n) is 9.02. The van der Waals surface area contributed by atoms with Gasteiger partial charge in [-0.1, -0.05) is 11.8 Å². The highest BCUT2D eigenvalue weighted by Gasteiger charge is 2.20. The van der Waals surface area contributed by atoms with Gasteiger partial charge < -0.3 is 15.7 Å². The number of rotatable bonds is 3. The van der Waals surface area contributed by atoms with Gasteiger partial charge in [-0.15, -0.1) is 11.3 Å². The molecule has 3 aromatic heterocycles. The van der Waals surface area contributed by atoms with Crippen molar-refractivity contribution < 1.29 is 9.50 Å². The smallest absolute Gasteiger partial charge is 0.165 e. The summed E-state index contributed by atoms with van der Waals surface area (Å²) in [7, 11) is 0. The van der Waals surface area contributed by atoms with E-state index in [4.69, 9.17) is 0 Å². The average Bonchev–Trinajstić information content (AvgIpc) is 3.29. The van der Waals surface area contributed by atoms with E-state index < -0.39 is 11.4 Å². The summed E-state index contributed by atoms with van der Waals surface area (Å²) in [6, 6.07) is 1.81. The van der Waals surface area contributed by atoms with Crippen LogP contribution in [0.3, 0.4) is 0 Å². The molecule has 0 radical (unpaired) electrons. The number of halogens is 1. The molecule has 0 aromatic carbocycles. The van der Waals surface area contributed by atoms with Crippen molar-refractivity contribution in [1.82, 2.24) is 20.3 Å². The van der Waals surface area contributed by atoms with Crippen LogP contribution in [0.5, 0.6) is 0 Å². The summed E-state index contributed by atoms with van der Waals surface area (Å²) in [5.74, 6) is 6.29. The molecule has 0 aliphatic carbocycles. The Bertz CT molecular complexity index is 1070. The molecule has 6 nitrogen and oxygen atoms in total. The van der Waals surface area contributed by atoms with E-state index >= 15 is 0 Å². The molecule has 4 rings (SSSR count). The van der Waals surface area contributed by atoms with Gasteiger partial charge in [-0.25, -0.2) is 14.4 Å². The molecule has 28 heavy (non-hydrogen) atoms. The van der Waals surface area contributed by atoms with E-state index in [0.29, 0.717) is 16.9 Å². The zero-order valence-corrected chi connectivity index (χ0v) is 16.4. The Balaban J connectivity index is 1.87. The average molecular weight is 397 g/mol. The van der Waals surface area contributed by atoms with Gasteiger partial charge in [0.2, 0.25) is 0 Å². The molecule has 1 atom stereocenters. The molecule has 1 unspecified atom stereocenters. The minimum atomic E-state index is -1.11. The Hall–Kier alpha value is -2.60. The maximum Gasteiger partial charge on any atom is 0.165 e. The molecule has 0 spiro atoms. The molecule has 144 valence electrons. The largest absolute Gasteiger partial charge is 0.378 e. The van der Waals surface area contributed by atoms with Crippen molar-refractivity contribution in [2.75, 3.05) is 18.4 Å². The van der Waals surface area contributed by atoms with Crippen molar-refractivity contribution in [3.63, 3.8) is 0 Å². The van der Waals surface area contributed by atoms with Gasteiger partial charge in [-0.05, 0) is 32.9 Å². The van der Waals surface area contributed by atoms with E-state index in [0.717, 1.165) is 30.4 Å². The fraction of sp³-hybridized carbons (Fsp3) is 0.350. The topological polar surface area (TPSA) is 83.0 Å². The van der Waals surface area contributed by atoms with Gasteiger partial charge in [0.1, 0.15) is 16.9 Å². The van der Waals surface area contributed by atoms with Crippen LogP contribution >= 0.6 is 11.3 Å². The fourth-order valence-corrected chi connectivity index (χ4v) is 3.86. The number of pyridine rings is 1. The van der Waals surface area contributed by atoms with Crippen LogP contribution in [0.1, 0.15) is 25.8 Å². The van der Waals surface area contributed by atoms with Gasteiger partial charge in [0.05, 0.1) is 22.0 Å². The number of fused-ring (bicyclic) bond motifs is 1. The first-order chi connectivity index (χ1) is 13.4. The van der Waals surface area contributed by atoms with Crippen molar-refractivity contribution in [2.45, 2.75) is 31.9 Å². The third-order valence-electron chi connectivity index (χ3n) is 4.33. The van der Waals surface area contributed by atoms with Gasteiger partial charge in [0.15, 0.2) is 11.6 Å². The highest BCUT2D eigenvalue weighted by atomic mass is 32.1. The highest BCUT2D eigenvalue weighted by Crippen LogP contribution is 2.33. The molecule has 8 heteroatoms. The monoisotopic (exact) mass is 397 g/mol. The van der Waals surface area contributed by atoms with Crippen LogP contribution < -0.4 is 10.6 Å². The number of nitrogens with zero attached hydrogens (tertiary/aromatic N) is 3. The predicted octanol–water partition coefficient (Wildman–Crippen LogP) is 2.79. The van der Waals surface area contributed by atoms with Crippen molar-refractivity contribution in [3.8, 4) is 23.2 Å². The lowest BCUT2D eigenvalue weighted by Gasteiger charge is -2.14. The number of anilines is 1. The Morgan fingerprint density at radius 3 is 2.96 bits per heavy atom. The second kappa shape index (κ2) is 7.43. The summed E-state index contributed by atoms with van der Waals surface area (Å²) in [6.07, 6.45) is 3.66. The standard InChI is InChI=1S/C20H20FN5OS/c1-20(2,27)6-3-12-11-28-17-16(12)25-18(14-5-8-23-10-15(14)21)26-19(17)24-13-4-7-22-9-13/h5,8,10-11,13,22,27H,4,7,9H2,1-2H3,(H,24,25,26). The lowest BCUT2D eigenvalue weighted by atomic mass is 10.1. The SMILES string of the molecule is CC(C)(O)C#Cc1csc2c(NC3CCNC3)nc(-c3ccncc3F)nc12.